The van der Waals surface area contributed by atoms with Crippen LogP contribution < -0.4 is 10.9 Å². The van der Waals surface area contributed by atoms with Crippen LogP contribution in [-0.4, -0.2) is 70.3 Å². The van der Waals surface area contributed by atoms with Crippen molar-refractivity contribution >= 4 is 28.6 Å². The molecule has 1 amide bonds. The molecule has 1 aromatic heterocycles. The van der Waals surface area contributed by atoms with Crippen molar-refractivity contribution in [2.45, 2.75) is 19.5 Å². The molecule has 0 aliphatic carbocycles. The minimum Gasteiger partial charge on any atom is -0.465 e. The largest absolute Gasteiger partial charge is 0.465 e. The number of nitrogens with one attached hydrogen (secondary N) is 1. The summed E-state index contributed by atoms with van der Waals surface area (Å²) in [6, 6.07) is 4.48. The summed E-state index contributed by atoms with van der Waals surface area (Å²) in [6.07, 6.45) is -1.16. The van der Waals surface area contributed by atoms with Crippen molar-refractivity contribution in [3.63, 3.8) is 0 Å². The Balaban J connectivity index is 1.96. The fourth-order valence-corrected chi connectivity index (χ4v) is 3.60. The second kappa shape index (κ2) is 8.24. The van der Waals surface area contributed by atoms with Gasteiger partial charge in [-0.2, -0.15) is 0 Å². The van der Waals surface area contributed by atoms with Crippen molar-refractivity contribution < 1.29 is 9.90 Å². The van der Waals surface area contributed by atoms with Gasteiger partial charge in [0.05, 0.1) is 22.0 Å². The molecule has 0 spiro atoms. The molecule has 1 aromatic carbocycles. The zero-order valence-electron chi connectivity index (χ0n) is 15.5. The van der Waals surface area contributed by atoms with E-state index >= 15 is 0 Å². The molecule has 0 saturated carbocycles. The molecule has 1 atom stereocenters. The number of carbonyl (C=O) groups is 1. The van der Waals surface area contributed by atoms with Crippen LogP contribution in [0.2, 0.25) is 5.02 Å². The first-order chi connectivity index (χ1) is 12.9. The van der Waals surface area contributed by atoms with Gasteiger partial charge in [-0.05, 0) is 26.1 Å². The summed E-state index contributed by atoms with van der Waals surface area (Å²) in [5.41, 5.74) is 0.228. The van der Waals surface area contributed by atoms with E-state index in [0.717, 1.165) is 26.2 Å². The van der Waals surface area contributed by atoms with E-state index in [1.807, 2.05) is 0 Å². The average Bonchev–Trinajstić information content (AvgIpc) is 2.61. The van der Waals surface area contributed by atoms with Gasteiger partial charge in [-0.3, -0.25) is 14.3 Å². The monoisotopic (exact) mass is 393 g/mol. The van der Waals surface area contributed by atoms with E-state index in [1.54, 1.807) is 29.7 Å². The van der Waals surface area contributed by atoms with Crippen LogP contribution in [0.5, 0.6) is 0 Å². The number of likely N-dealkylation sites (N-methyl/N-ethyl adjacent to an activating group) is 1. The Hall–Kier alpha value is -2.16. The number of aromatic nitrogens is 2. The summed E-state index contributed by atoms with van der Waals surface area (Å²) in [5.74, 6) is 0.395. The first kappa shape index (κ1) is 19.6. The quantitative estimate of drug-likeness (QED) is 0.802. The molecule has 8 nitrogen and oxygen atoms in total. The van der Waals surface area contributed by atoms with Crippen LogP contribution in [0.25, 0.3) is 10.9 Å². The first-order valence-electron chi connectivity index (χ1n) is 8.96. The number of amides is 1. The zero-order chi connectivity index (χ0) is 19.6. The van der Waals surface area contributed by atoms with E-state index in [1.165, 1.54) is 0 Å². The second-order valence-corrected chi connectivity index (χ2v) is 7.28. The molecular formula is C18H24ClN5O3. The zero-order valence-corrected chi connectivity index (χ0v) is 16.2. The lowest BCUT2D eigenvalue weighted by molar-refractivity contribution is 0.149. The van der Waals surface area contributed by atoms with Gasteiger partial charge in [-0.15, -0.1) is 0 Å². The number of hydrogen-bond donors (Lipinski definition) is 2. The van der Waals surface area contributed by atoms with E-state index in [9.17, 15) is 9.59 Å². The fourth-order valence-electron chi connectivity index (χ4n) is 3.35. The van der Waals surface area contributed by atoms with Gasteiger partial charge in [0, 0.05) is 39.3 Å². The predicted molar refractivity (Wildman–Crippen MR) is 105 cm³/mol. The number of hydrogen-bond acceptors (Lipinski definition) is 5. The summed E-state index contributed by atoms with van der Waals surface area (Å²) < 4.78 is 1.55. The van der Waals surface area contributed by atoms with Gasteiger partial charge in [0.2, 0.25) is 0 Å². The third-order valence-corrected chi connectivity index (χ3v) is 5.24. The number of carboxylic acid groups (broad SMARTS) is 1. The molecule has 9 heteroatoms. The highest BCUT2D eigenvalue weighted by Crippen LogP contribution is 2.20. The molecule has 146 valence electrons. The number of benzene rings is 1. The molecule has 1 saturated heterocycles. The number of fused-ring (bicyclic) bond motifs is 1. The van der Waals surface area contributed by atoms with Crippen molar-refractivity contribution in [3.8, 4) is 0 Å². The van der Waals surface area contributed by atoms with Crippen LogP contribution in [0.3, 0.4) is 0 Å². The highest BCUT2D eigenvalue weighted by Gasteiger charge is 2.20. The van der Waals surface area contributed by atoms with E-state index in [4.69, 9.17) is 16.7 Å². The lowest BCUT2D eigenvalue weighted by atomic mass is 10.2. The van der Waals surface area contributed by atoms with Crippen LogP contribution in [0.4, 0.5) is 4.79 Å². The second-order valence-electron chi connectivity index (χ2n) is 6.88. The summed E-state index contributed by atoms with van der Waals surface area (Å²) in [6.45, 7) is 6.64. The van der Waals surface area contributed by atoms with Crippen molar-refractivity contribution in [2.24, 2.45) is 0 Å². The van der Waals surface area contributed by atoms with Gasteiger partial charge >= 0.3 is 6.09 Å². The third-order valence-electron chi connectivity index (χ3n) is 4.93. The third kappa shape index (κ3) is 4.40. The minimum atomic E-state index is -1.16. The van der Waals surface area contributed by atoms with Crippen molar-refractivity contribution in [1.82, 2.24) is 24.7 Å². The minimum absolute atomic E-state index is 0.242. The Bertz CT molecular complexity index is 892. The standard InChI is InChI=1S/C18H24ClN5O3/c1-12(20-18(26)27)16-21-14-5-3-4-13(19)15(14)17(25)24(16)11-10-23-8-6-22(2)7-9-23/h3-5,12,20H,6-11H2,1-2H3,(H,26,27). The summed E-state index contributed by atoms with van der Waals surface area (Å²) in [7, 11) is 2.09. The van der Waals surface area contributed by atoms with Gasteiger partial charge in [0.15, 0.2) is 0 Å². The Morgan fingerprint density at radius 1 is 1.30 bits per heavy atom. The van der Waals surface area contributed by atoms with Crippen molar-refractivity contribution in [2.75, 3.05) is 39.8 Å². The number of piperazine rings is 1. The molecule has 1 aliphatic rings. The molecule has 0 bridgehead atoms. The van der Waals surface area contributed by atoms with Gasteiger partial charge in [-0.1, -0.05) is 17.7 Å². The van der Waals surface area contributed by atoms with Gasteiger partial charge < -0.3 is 15.3 Å². The molecule has 1 aliphatic heterocycles. The number of rotatable bonds is 5. The fraction of sp³-hybridized carbons (Fsp3) is 0.500. The van der Waals surface area contributed by atoms with Crippen LogP contribution in [0.15, 0.2) is 23.0 Å². The van der Waals surface area contributed by atoms with E-state index < -0.39 is 12.1 Å². The van der Waals surface area contributed by atoms with Gasteiger partial charge in [-0.25, -0.2) is 9.78 Å². The Kier molecular flexibility index (Phi) is 5.98. The molecular weight excluding hydrogens is 370 g/mol. The smallest absolute Gasteiger partial charge is 0.405 e. The molecule has 27 heavy (non-hydrogen) atoms. The molecule has 2 heterocycles. The van der Waals surface area contributed by atoms with Crippen LogP contribution in [-0.2, 0) is 6.54 Å². The molecule has 1 fully saturated rings. The first-order valence-corrected chi connectivity index (χ1v) is 9.34. The highest BCUT2D eigenvalue weighted by atomic mass is 35.5. The Morgan fingerprint density at radius 2 is 2.00 bits per heavy atom. The van der Waals surface area contributed by atoms with E-state index in [-0.39, 0.29) is 5.56 Å². The maximum Gasteiger partial charge on any atom is 0.405 e. The van der Waals surface area contributed by atoms with Crippen LogP contribution in [0, 0.1) is 0 Å². The van der Waals surface area contributed by atoms with E-state index in [0.29, 0.717) is 34.8 Å². The van der Waals surface area contributed by atoms with Crippen molar-refractivity contribution in [1.29, 1.82) is 0 Å². The number of nitrogens with zero attached hydrogens (tertiary/aromatic N) is 4. The summed E-state index contributed by atoms with van der Waals surface area (Å²) >= 11 is 6.24. The predicted octanol–water partition coefficient (Wildman–Crippen LogP) is 1.63. The normalized spacial score (nSPS) is 17.1. The molecule has 1 unspecified atom stereocenters. The van der Waals surface area contributed by atoms with Gasteiger partial charge in [0.25, 0.3) is 5.56 Å². The highest BCUT2D eigenvalue weighted by molar-refractivity contribution is 6.35. The molecule has 2 aromatic rings. The molecule has 2 N–H and O–H groups in total. The van der Waals surface area contributed by atoms with Crippen molar-refractivity contribution in [3.05, 3.63) is 39.4 Å². The van der Waals surface area contributed by atoms with Gasteiger partial charge in [0.1, 0.15) is 5.82 Å². The maximum atomic E-state index is 13.1. The topological polar surface area (TPSA) is 90.7 Å². The Morgan fingerprint density at radius 3 is 2.67 bits per heavy atom. The number of halogens is 1. The molecule has 0 radical (unpaired) electrons. The summed E-state index contributed by atoms with van der Waals surface area (Å²) in [4.78, 5) is 33.3. The van der Waals surface area contributed by atoms with Crippen LogP contribution in [0.1, 0.15) is 18.8 Å². The average molecular weight is 394 g/mol. The Labute approximate surface area is 162 Å². The molecule has 3 rings (SSSR count). The summed E-state index contributed by atoms with van der Waals surface area (Å²) in [5, 5.41) is 12.2. The SMILES string of the molecule is CC(NC(=O)O)c1nc2cccc(Cl)c2c(=O)n1CCN1CCN(C)CC1. The maximum absolute atomic E-state index is 13.1. The van der Waals surface area contributed by atoms with Crippen LogP contribution >= 0.6 is 11.6 Å². The van der Waals surface area contributed by atoms with E-state index in [2.05, 4.69) is 27.1 Å². The lowest BCUT2D eigenvalue weighted by Gasteiger charge is -2.32. The lowest BCUT2D eigenvalue weighted by Crippen LogP contribution is -2.46.